The Bertz CT molecular complexity index is 224. The summed E-state index contributed by atoms with van der Waals surface area (Å²) in [7, 11) is 0. The summed E-state index contributed by atoms with van der Waals surface area (Å²) >= 11 is 3.43. The highest BCUT2D eigenvalue weighted by Gasteiger charge is 2.46. The minimum atomic E-state index is -0.663. The van der Waals surface area contributed by atoms with Gasteiger partial charge in [-0.05, 0) is 18.3 Å². The topological polar surface area (TPSA) is 37.3 Å². The molecule has 0 amide bonds. The standard InChI is InChI=1S/C8H9BrO2/c9-7-5-2-1-4(3-5)6(7)8(10)11/h1-2,4-7H,3H2,(H,10,11)/t4-,5-,6+,7+/m0/s1. The fraction of sp³-hybridized carbons (Fsp3) is 0.625. The molecular formula is C8H9BrO2. The summed E-state index contributed by atoms with van der Waals surface area (Å²) in [5, 5.41) is 8.84. The van der Waals surface area contributed by atoms with E-state index in [9.17, 15) is 4.79 Å². The van der Waals surface area contributed by atoms with Gasteiger partial charge in [-0.15, -0.1) is 0 Å². The average Bonchev–Trinajstić information content (AvgIpc) is 2.44. The molecule has 0 aromatic carbocycles. The van der Waals surface area contributed by atoms with E-state index >= 15 is 0 Å². The molecule has 1 saturated carbocycles. The molecule has 2 aliphatic carbocycles. The van der Waals surface area contributed by atoms with Gasteiger partial charge in [0.15, 0.2) is 0 Å². The van der Waals surface area contributed by atoms with Crippen molar-refractivity contribution in [3.05, 3.63) is 12.2 Å². The predicted octanol–water partition coefficient (Wildman–Crippen LogP) is 1.66. The molecule has 0 saturated heterocycles. The molecule has 1 fully saturated rings. The fourth-order valence-corrected chi connectivity index (χ4v) is 3.09. The zero-order chi connectivity index (χ0) is 8.01. The Morgan fingerprint density at radius 2 is 2.09 bits per heavy atom. The molecule has 60 valence electrons. The number of allylic oxidation sites excluding steroid dienone is 2. The Balaban J connectivity index is 2.25. The van der Waals surface area contributed by atoms with Gasteiger partial charge in [-0.25, -0.2) is 0 Å². The smallest absolute Gasteiger partial charge is 0.308 e. The second kappa shape index (κ2) is 2.34. The number of carboxylic acids is 1. The lowest BCUT2D eigenvalue weighted by molar-refractivity contribution is -0.142. The van der Waals surface area contributed by atoms with E-state index in [0.717, 1.165) is 6.42 Å². The zero-order valence-electron chi connectivity index (χ0n) is 5.90. The Morgan fingerprint density at radius 3 is 2.45 bits per heavy atom. The van der Waals surface area contributed by atoms with E-state index in [1.165, 1.54) is 0 Å². The summed E-state index contributed by atoms with van der Waals surface area (Å²) in [4.78, 5) is 10.9. The zero-order valence-corrected chi connectivity index (χ0v) is 7.49. The number of aliphatic carboxylic acids is 1. The number of alkyl halides is 1. The average molecular weight is 217 g/mol. The van der Waals surface area contributed by atoms with Crippen LogP contribution in [0.15, 0.2) is 12.2 Å². The second-order valence-electron chi connectivity index (χ2n) is 3.26. The molecule has 0 aliphatic heterocycles. The number of hydrogen-bond acceptors (Lipinski definition) is 1. The Kier molecular flexibility index (Phi) is 1.56. The first-order valence-corrected chi connectivity index (χ1v) is 4.67. The Morgan fingerprint density at radius 1 is 1.45 bits per heavy atom. The van der Waals surface area contributed by atoms with Crippen molar-refractivity contribution in [2.75, 3.05) is 0 Å². The lowest BCUT2D eigenvalue weighted by atomic mass is 9.94. The number of rotatable bonds is 1. The van der Waals surface area contributed by atoms with Crippen LogP contribution in [0.3, 0.4) is 0 Å². The van der Waals surface area contributed by atoms with Crippen LogP contribution < -0.4 is 0 Å². The molecule has 2 aliphatic rings. The molecule has 3 heteroatoms. The maximum absolute atomic E-state index is 10.7. The summed E-state index contributed by atoms with van der Waals surface area (Å²) < 4.78 is 0. The van der Waals surface area contributed by atoms with Gasteiger partial charge >= 0.3 is 5.97 Å². The van der Waals surface area contributed by atoms with Crippen molar-refractivity contribution in [1.29, 1.82) is 0 Å². The molecule has 0 unspecified atom stereocenters. The van der Waals surface area contributed by atoms with E-state index in [1.807, 2.05) is 6.08 Å². The van der Waals surface area contributed by atoms with E-state index in [1.54, 1.807) is 0 Å². The van der Waals surface area contributed by atoms with E-state index in [2.05, 4.69) is 22.0 Å². The van der Waals surface area contributed by atoms with Crippen LogP contribution in [0.2, 0.25) is 0 Å². The molecule has 0 spiro atoms. The molecular weight excluding hydrogens is 208 g/mol. The van der Waals surface area contributed by atoms with Gasteiger partial charge in [-0.1, -0.05) is 28.1 Å². The van der Waals surface area contributed by atoms with Crippen LogP contribution in [-0.2, 0) is 4.79 Å². The number of halogens is 1. The van der Waals surface area contributed by atoms with Gasteiger partial charge in [0.25, 0.3) is 0 Å². The molecule has 2 bridgehead atoms. The quantitative estimate of drug-likeness (QED) is 0.535. The van der Waals surface area contributed by atoms with Crippen molar-refractivity contribution < 1.29 is 9.90 Å². The highest BCUT2D eigenvalue weighted by atomic mass is 79.9. The van der Waals surface area contributed by atoms with Gasteiger partial charge in [-0.2, -0.15) is 0 Å². The third-order valence-corrected chi connectivity index (χ3v) is 3.90. The summed E-state index contributed by atoms with van der Waals surface area (Å²) in [5.41, 5.74) is 0. The lowest BCUT2D eigenvalue weighted by Crippen LogP contribution is -2.27. The molecule has 4 atom stereocenters. The molecule has 2 nitrogen and oxygen atoms in total. The molecule has 0 aromatic heterocycles. The van der Waals surface area contributed by atoms with Crippen LogP contribution in [0.25, 0.3) is 0 Å². The Hall–Kier alpha value is -0.310. The van der Waals surface area contributed by atoms with Crippen molar-refractivity contribution in [2.45, 2.75) is 11.2 Å². The molecule has 11 heavy (non-hydrogen) atoms. The maximum atomic E-state index is 10.7. The van der Waals surface area contributed by atoms with Crippen LogP contribution in [-0.4, -0.2) is 15.9 Å². The van der Waals surface area contributed by atoms with Crippen molar-refractivity contribution in [3.8, 4) is 0 Å². The predicted molar refractivity (Wildman–Crippen MR) is 44.6 cm³/mol. The van der Waals surface area contributed by atoms with Crippen LogP contribution in [0.1, 0.15) is 6.42 Å². The third kappa shape index (κ3) is 0.940. The highest BCUT2D eigenvalue weighted by Crippen LogP contribution is 2.47. The molecule has 0 aromatic rings. The highest BCUT2D eigenvalue weighted by molar-refractivity contribution is 9.09. The minimum absolute atomic E-state index is 0.162. The molecule has 1 N–H and O–H groups in total. The normalized spacial score (nSPS) is 46.6. The summed E-state index contributed by atoms with van der Waals surface area (Å²) in [6.45, 7) is 0. The van der Waals surface area contributed by atoms with Gasteiger partial charge in [0.2, 0.25) is 0 Å². The van der Waals surface area contributed by atoms with E-state index in [-0.39, 0.29) is 16.7 Å². The van der Waals surface area contributed by atoms with Crippen molar-refractivity contribution in [1.82, 2.24) is 0 Å². The van der Waals surface area contributed by atoms with Crippen LogP contribution in [0, 0.1) is 17.8 Å². The third-order valence-electron chi connectivity index (χ3n) is 2.65. The van der Waals surface area contributed by atoms with E-state index in [0.29, 0.717) is 5.92 Å². The van der Waals surface area contributed by atoms with Gasteiger partial charge in [0.05, 0.1) is 5.92 Å². The summed E-state index contributed by atoms with van der Waals surface area (Å²) in [6.07, 6.45) is 5.19. The van der Waals surface area contributed by atoms with Crippen molar-refractivity contribution >= 4 is 21.9 Å². The molecule has 0 heterocycles. The van der Waals surface area contributed by atoms with E-state index < -0.39 is 5.97 Å². The fourth-order valence-electron chi connectivity index (χ4n) is 2.08. The first-order chi connectivity index (χ1) is 5.20. The first-order valence-electron chi connectivity index (χ1n) is 3.75. The van der Waals surface area contributed by atoms with Crippen LogP contribution in [0.4, 0.5) is 0 Å². The van der Waals surface area contributed by atoms with Crippen LogP contribution in [0.5, 0.6) is 0 Å². The minimum Gasteiger partial charge on any atom is -0.481 e. The monoisotopic (exact) mass is 216 g/mol. The molecule has 2 rings (SSSR count). The summed E-state index contributed by atoms with van der Waals surface area (Å²) in [5.74, 6) is -0.114. The Labute approximate surface area is 73.4 Å². The van der Waals surface area contributed by atoms with Gasteiger partial charge in [0, 0.05) is 4.83 Å². The van der Waals surface area contributed by atoms with Crippen molar-refractivity contribution in [2.24, 2.45) is 17.8 Å². The van der Waals surface area contributed by atoms with Gasteiger partial charge < -0.3 is 5.11 Å². The second-order valence-corrected chi connectivity index (χ2v) is 4.31. The van der Waals surface area contributed by atoms with Gasteiger partial charge in [0.1, 0.15) is 0 Å². The van der Waals surface area contributed by atoms with Crippen molar-refractivity contribution in [3.63, 3.8) is 0 Å². The molecule has 0 radical (unpaired) electrons. The summed E-state index contributed by atoms with van der Waals surface area (Å²) in [6, 6.07) is 0. The maximum Gasteiger partial charge on any atom is 0.308 e. The first kappa shape index (κ1) is 7.35. The number of hydrogen-bond donors (Lipinski definition) is 1. The van der Waals surface area contributed by atoms with Crippen LogP contribution >= 0.6 is 15.9 Å². The lowest BCUT2D eigenvalue weighted by Gasteiger charge is -2.18. The largest absolute Gasteiger partial charge is 0.481 e. The van der Waals surface area contributed by atoms with Gasteiger partial charge in [-0.3, -0.25) is 4.79 Å². The number of fused-ring (bicyclic) bond motifs is 2. The number of carbonyl (C=O) groups is 1. The van der Waals surface area contributed by atoms with E-state index in [4.69, 9.17) is 5.11 Å². The number of carboxylic acid groups (broad SMARTS) is 1. The SMILES string of the molecule is O=C(O)[C@H]1[C@H](Br)[C@H]2C=C[C@H]1C2.